The molecule has 5 heteroatoms. The predicted octanol–water partition coefficient (Wildman–Crippen LogP) is 1.78. The highest BCUT2D eigenvalue weighted by Gasteiger charge is 2.23. The number of fused-ring (bicyclic) bond motifs is 1. The van der Waals surface area contributed by atoms with Crippen LogP contribution >= 0.6 is 0 Å². The molecule has 1 N–H and O–H groups in total. The summed E-state index contributed by atoms with van der Waals surface area (Å²) in [7, 11) is 0. The van der Waals surface area contributed by atoms with Gasteiger partial charge in [0.05, 0.1) is 18.1 Å². The molecule has 4 rings (SSSR count). The van der Waals surface area contributed by atoms with Gasteiger partial charge in [-0.1, -0.05) is 30.3 Å². The van der Waals surface area contributed by atoms with Crippen LogP contribution in [0.1, 0.15) is 18.0 Å². The fourth-order valence-electron chi connectivity index (χ4n) is 3.22. The molecule has 22 heavy (non-hydrogen) atoms. The summed E-state index contributed by atoms with van der Waals surface area (Å²) in [5.74, 6) is 0. The smallest absolute Gasteiger partial charge is 0.315 e. The fraction of sp³-hybridized carbons (Fsp3) is 0.294. The molecule has 0 spiro atoms. The summed E-state index contributed by atoms with van der Waals surface area (Å²) in [4.78, 5) is 17.4. The Hall–Kier alpha value is -2.40. The van der Waals surface area contributed by atoms with Gasteiger partial charge in [-0.05, 0) is 30.7 Å². The minimum atomic E-state index is 0.0336. The Morgan fingerprint density at radius 3 is 2.82 bits per heavy atom. The molecule has 2 aromatic heterocycles. The molecule has 0 saturated carbocycles. The molecule has 1 atom stereocenters. The maximum absolute atomic E-state index is 12.9. The molecule has 1 aromatic carbocycles. The van der Waals surface area contributed by atoms with E-state index in [1.54, 1.807) is 6.20 Å². The topological polar surface area (TPSA) is 51.9 Å². The lowest BCUT2D eigenvalue weighted by molar-refractivity contribution is 0.528. The van der Waals surface area contributed by atoms with Gasteiger partial charge in [0, 0.05) is 12.7 Å². The van der Waals surface area contributed by atoms with E-state index in [1.165, 1.54) is 0 Å². The number of benzene rings is 1. The third-order valence-electron chi connectivity index (χ3n) is 4.31. The monoisotopic (exact) mass is 294 g/mol. The van der Waals surface area contributed by atoms with Crippen molar-refractivity contribution in [2.24, 2.45) is 0 Å². The minimum Gasteiger partial charge on any atom is -0.315 e. The first-order valence-corrected chi connectivity index (χ1v) is 7.65. The quantitative estimate of drug-likeness (QED) is 0.801. The second-order valence-corrected chi connectivity index (χ2v) is 5.72. The highest BCUT2D eigenvalue weighted by molar-refractivity contribution is 5.71. The van der Waals surface area contributed by atoms with Crippen LogP contribution in [0.2, 0.25) is 0 Å². The third kappa shape index (κ3) is 2.14. The van der Waals surface area contributed by atoms with Gasteiger partial charge in [-0.2, -0.15) is 0 Å². The van der Waals surface area contributed by atoms with Gasteiger partial charge in [0.25, 0.3) is 0 Å². The first kappa shape index (κ1) is 13.3. The van der Waals surface area contributed by atoms with Crippen LogP contribution in [0.25, 0.3) is 11.2 Å². The van der Waals surface area contributed by atoms with E-state index >= 15 is 0 Å². The van der Waals surface area contributed by atoms with Crippen LogP contribution in [-0.2, 0) is 6.54 Å². The molecule has 1 aliphatic heterocycles. The zero-order valence-electron chi connectivity index (χ0n) is 12.3. The number of nitrogens with one attached hydrogen (secondary N) is 1. The van der Waals surface area contributed by atoms with Crippen molar-refractivity contribution in [1.82, 2.24) is 19.4 Å². The lowest BCUT2D eigenvalue weighted by atomic mass is 10.2. The highest BCUT2D eigenvalue weighted by atomic mass is 16.1. The van der Waals surface area contributed by atoms with Gasteiger partial charge in [0.2, 0.25) is 0 Å². The van der Waals surface area contributed by atoms with E-state index in [0.29, 0.717) is 6.54 Å². The first-order chi connectivity index (χ1) is 10.8. The van der Waals surface area contributed by atoms with Crippen molar-refractivity contribution in [1.29, 1.82) is 0 Å². The zero-order valence-corrected chi connectivity index (χ0v) is 12.3. The molecule has 3 heterocycles. The maximum atomic E-state index is 12.9. The normalized spacial score (nSPS) is 18.1. The van der Waals surface area contributed by atoms with E-state index in [0.717, 1.165) is 36.2 Å². The molecule has 0 aliphatic carbocycles. The van der Waals surface area contributed by atoms with E-state index in [1.807, 2.05) is 51.6 Å². The van der Waals surface area contributed by atoms with Crippen LogP contribution < -0.4 is 11.0 Å². The average Bonchev–Trinajstić information content (AvgIpc) is 3.16. The van der Waals surface area contributed by atoms with Gasteiger partial charge in [0.15, 0.2) is 5.65 Å². The van der Waals surface area contributed by atoms with Crippen molar-refractivity contribution in [3.63, 3.8) is 0 Å². The number of nitrogens with zero attached hydrogens (tertiary/aromatic N) is 3. The Balaban J connectivity index is 1.87. The van der Waals surface area contributed by atoms with E-state index in [2.05, 4.69) is 10.3 Å². The Labute approximate surface area is 128 Å². The van der Waals surface area contributed by atoms with Crippen LogP contribution in [0.4, 0.5) is 0 Å². The molecule has 1 saturated heterocycles. The van der Waals surface area contributed by atoms with Gasteiger partial charge in [-0.15, -0.1) is 0 Å². The van der Waals surface area contributed by atoms with E-state index in [4.69, 9.17) is 0 Å². The summed E-state index contributed by atoms with van der Waals surface area (Å²) in [6.07, 6.45) is 2.73. The summed E-state index contributed by atoms with van der Waals surface area (Å²) < 4.78 is 3.69. The molecule has 0 bridgehead atoms. The second-order valence-electron chi connectivity index (χ2n) is 5.72. The van der Waals surface area contributed by atoms with Gasteiger partial charge in [-0.25, -0.2) is 9.78 Å². The Morgan fingerprint density at radius 1 is 1.18 bits per heavy atom. The first-order valence-electron chi connectivity index (χ1n) is 7.65. The van der Waals surface area contributed by atoms with Crippen LogP contribution in [0.3, 0.4) is 0 Å². The Bertz CT molecular complexity index is 844. The fourth-order valence-corrected chi connectivity index (χ4v) is 3.22. The number of aromatic nitrogens is 3. The third-order valence-corrected chi connectivity index (χ3v) is 4.31. The van der Waals surface area contributed by atoms with Crippen LogP contribution in [-0.4, -0.2) is 27.2 Å². The number of pyridine rings is 1. The summed E-state index contributed by atoms with van der Waals surface area (Å²) in [6.45, 7) is 2.37. The summed E-state index contributed by atoms with van der Waals surface area (Å²) in [5.41, 5.74) is 2.85. The van der Waals surface area contributed by atoms with Crippen molar-refractivity contribution in [2.75, 3.05) is 13.1 Å². The summed E-state index contributed by atoms with van der Waals surface area (Å²) in [6, 6.07) is 14.1. The Morgan fingerprint density at radius 2 is 2.05 bits per heavy atom. The molecule has 0 amide bonds. The molecule has 112 valence electrons. The van der Waals surface area contributed by atoms with Crippen molar-refractivity contribution < 1.29 is 0 Å². The number of imidazole rings is 1. The van der Waals surface area contributed by atoms with Gasteiger partial charge >= 0.3 is 5.69 Å². The zero-order chi connectivity index (χ0) is 14.9. The van der Waals surface area contributed by atoms with Crippen LogP contribution in [0, 0.1) is 0 Å². The molecule has 0 radical (unpaired) electrons. The highest BCUT2D eigenvalue weighted by Crippen LogP contribution is 2.20. The standard InChI is InChI=1S/C17H18N4O/c22-17-20(12-13-5-2-1-3-6-13)15-7-4-9-19-16(15)21(17)14-8-10-18-11-14/h1-7,9,14,18H,8,10-12H2. The van der Waals surface area contributed by atoms with Crippen LogP contribution in [0.15, 0.2) is 53.5 Å². The SMILES string of the molecule is O=c1n(Cc2ccccc2)c2cccnc2n1C1CCNC1. The number of hydrogen-bond acceptors (Lipinski definition) is 3. The van der Waals surface area contributed by atoms with Gasteiger partial charge in [-0.3, -0.25) is 9.13 Å². The van der Waals surface area contributed by atoms with Crippen molar-refractivity contribution >= 4 is 11.2 Å². The Kier molecular flexibility index (Phi) is 3.27. The van der Waals surface area contributed by atoms with Crippen LogP contribution in [0.5, 0.6) is 0 Å². The lowest BCUT2D eigenvalue weighted by Gasteiger charge is -2.09. The number of rotatable bonds is 3. The molecule has 5 nitrogen and oxygen atoms in total. The van der Waals surface area contributed by atoms with E-state index < -0.39 is 0 Å². The van der Waals surface area contributed by atoms with E-state index in [9.17, 15) is 4.79 Å². The molecule has 1 fully saturated rings. The van der Waals surface area contributed by atoms with Crippen molar-refractivity contribution in [2.45, 2.75) is 19.0 Å². The second kappa shape index (κ2) is 5.42. The van der Waals surface area contributed by atoms with E-state index in [-0.39, 0.29) is 11.7 Å². The minimum absolute atomic E-state index is 0.0336. The number of hydrogen-bond donors (Lipinski definition) is 1. The van der Waals surface area contributed by atoms with Crippen molar-refractivity contribution in [3.05, 3.63) is 64.7 Å². The average molecular weight is 294 g/mol. The molecular weight excluding hydrogens is 276 g/mol. The summed E-state index contributed by atoms with van der Waals surface area (Å²) >= 11 is 0. The van der Waals surface area contributed by atoms with Crippen molar-refractivity contribution in [3.8, 4) is 0 Å². The van der Waals surface area contributed by atoms with Gasteiger partial charge < -0.3 is 5.32 Å². The predicted molar refractivity (Wildman–Crippen MR) is 86.1 cm³/mol. The summed E-state index contributed by atoms with van der Waals surface area (Å²) in [5, 5.41) is 3.32. The molecule has 1 aliphatic rings. The molecule has 1 unspecified atom stereocenters. The van der Waals surface area contributed by atoms with Gasteiger partial charge in [0.1, 0.15) is 0 Å². The molecule has 3 aromatic rings. The molecular formula is C17H18N4O. The largest absolute Gasteiger partial charge is 0.330 e. The lowest BCUT2D eigenvalue weighted by Crippen LogP contribution is -2.29. The maximum Gasteiger partial charge on any atom is 0.330 e.